The Morgan fingerprint density at radius 3 is 2.76 bits per heavy atom. The van der Waals surface area contributed by atoms with Crippen molar-refractivity contribution in [3.63, 3.8) is 0 Å². The van der Waals surface area contributed by atoms with Crippen LogP contribution in [-0.4, -0.2) is 47.4 Å². The second-order valence-corrected chi connectivity index (χ2v) is 6.98. The van der Waals surface area contributed by atoms with Crippen molar-refractivity contribution in [2.24, 2.45) is 0 Å². The molecule has 0 spiro atoms. The van der Waals surface area contributed by atoms with Crippen molar-refractivity contribution < 1.29 is 19.1 Å². The van der Waals surface area contributed by atoms with Crippen LogP contribution < -0.4 is 5.32 Å². The normalized spacial score (nSPS) is 16.2. The Bertz CT molecular complexity index is 912. The second kappa shape index (κ2) is 9.32. The summed E-state index contributed by atoms with van der Waals surface area (Å²) in [6.45, 7) is 2.81. The summed E-state index contributed by atoms with van der Waals surface area (Å²) in [7, 11) is 1.28. The van der Waals surface area contributed by atoms with Gasteiger partial charge in [-0.15, -0.1) is 0 Å². The minimum Gasteiger partial charge on any atom is -0.465 e. The van der Waals surface area contributed by atoms with Gasteiger partial charge in [-0.3, -0.25) is 14.6 Å². The van der Waals surface area contributed by atoms with E-state index < -0.39 is 11.9 Å². The van der Waals surface area contributed by atoms with Gasteiger partial charge >= 0.3 is 5.97 Å². The van der Waals surface area contributed by atoms with Gasteiger partial charge in [-0.05, 0) is 49.9 Å². The topological polar surface area (TPSA) is 88.6 Å². The number of hydrogen-bond donors (Lipinski definition) is 1. The lowest BCUT2D eigenvalue weighted by Crippen LogP contribution is -2.43. The molecule has 1 unspecified atom stereocenters. The van der Waals surface area contributed by atoms with Crippen LogP contribution in [0, 0.1) is 0 Å². The average Bonchev–Trinajstić information content (AvgIpc) is 2.78. The van der Waals surface area contributed by atoms with Crippen molar-refractivity contribution in [1.29, 1.82) is 0 Å². The molecule has 3 rings (SSSR count). The predicted octanol–water partition coefficient (Wildman–Crippen LogP) is 3.53. The van der Waals surface area contributed by atoms with Crippen LogP contribution in [0.2, 0.25) is 0 Å². The average molecular weight is 395 g/mol. The Labute approximate surface area is 170 Å². The standard InChI is InChI=1S/C22H25N3O4/c1-3-16-8-6-7-13-25(16)21(27)15-11-12-23-19(14-15)20(26)24-18-10-5-4-9-17(18)22(28)29-2/h4-5,9-12,14,16H,3,6-8,13H2,1-2H3,(H,24,26). The number of ether oxygens (including phenoxy) is 1. The third-order valence-corrected chi connectivity index (χ3v) is 5.18. The van der Waals surface area contributed by atoms with E-state index in [1.165, 1.54) is 19.4 Å². The van der Waals surface area contributed by atoms with Crippen molar-refractivity contribution in [1.82, 2.24) is 9.88 Å². The summed E-state index contributed by atoms with van der Waals surface area (Å²) >= 11 is 0. The molecular weight excluding hydrogens is 370 g/mol. The van der Waals surface area contributed by atoms with Gasteiger partial charge in [0.25, 0.3) is 11.8 Å². The maximum Gasteiger partial charge on any atom is 0.339 e. The highest BCUT2D eigenvalue weighted by molar-refractivity contribution is 6.08. The molecule has 2 heterocycles. The monoisotopic (exact) mass is 395 g/mol. The van der Waals surface area contributed by atoms with Crippen LogP contribution in [0.5, 0.6) is 0 Å². The lowest BCUT2D eigenvalue weighted by atomic mass is 9.99. The number of para-hydroxylation sites is 1. The van der Waals surface area contributed by atoms with E-state index in [2.05, 4.69) is 17.2 Å². The fourth-order valence-corrected chi connectivity index (χ4v) is 3.61. The molecule has 1 fully saturated rings. The lowest BCUT2D eigenvalue weighted by Gasteiger charge is -2.35. The number of methoxy groups -OCH3 is 1. The van der Waals surface area contributed by atoms with Gasteiger partial charge in [0, 0.05) is 24.3 Å². The van der Waals surface area contributed by atoms with Crippen molar-refractivity contribution in [3.8, 4) is 0 Å². The molecule has 7 nitrogen and oxygen atoms in total. The van der Waals surface area contributed by atoms with Crippen molar-refractivity contribution in [2.75, 3.05) is 19.0 Å². The highest BCUT2D eigenvalue weighted by atomic mass is 16.5. The molecule has 152 valence electrons. The van der Waals surface area contributed by atoms with Crippen molar-refractivity contribution in [2.45, 2.75) is 38.6 Å². The number of esters is 1. The van der Waals surface area contributed by atoms with Gasteiger partial charge < -0.3 is 15.0 Å². The number of hydrogen-bond acceptors (Lipinski definition) is 5. The third-order valence-electron chi connectivity index (χ3n) is 5.18. The molecule has 1 aliphatic heterocycles. The molecule has 1 aromatic heterocycles. The molecule has 2 aromatic rings. The predicted molar refractivity (Wildman–Crippen MR) is 109 cm³/mol. The second-order valence-electron chi connectivity index (χ2n) is 6.98. The number of likely N-dealkylation sites (tertiary alicyclic amines) is 1. The van der Waals surface area contributed by atoms with E-state index in [4.69, 9.17) is 4.74 Å². The number of carbonyl (C=O) groups excluding carboxylic acids is 3. The van der Waals surface area contributed by atoms with Gasteiger partial charge in [-0.25, -0.2) is 4.79 Å². The third kappa shape index (κ3) is 4.62. The maximum absolute atomic E-state index is 13.0. The summed E-state index contributed by atoms with van der Waals surface area (Å²) < 4.78 is 4.75. The lowest BCUT2D eigenvalue weighted by molar-refractivity contribution is 0.0596. The Morgan fingerprint density at radius 1 is 1.21 bits per heavy atom. The zero-order valence-corrected chi connectivity index (χ0v) is 16.7. The zero-order valence-electron chi connectivity index (χ0n) is 16.7. The van der Waals surface area contributed by atoms with E-state index in [9.17, 15) is 14.4 Å². The highest BCUT2D eigenvalue weighted by Crippen LogP contribution is 2.22. The summed E-state index contributed by atoms with van der Waals surface area (Å²) in [5.74, 6) is -1.13. The van der Waals surface area contributed by atoms with Gasteiger partial charge in [-0.2, -0.15) is 0 Å². The minimum atomic E-state index is -0.548. The number of benzene rings is 1. The number of piperidine rings is 1. The quantitative estimate of drug-likeness (QED) is 0.783. The van der Waals surface area contributed by atoms with Crippen LogP contribution in [0.15, 0.2) is 42.6 Å². The van der Waals surface area contributed by atoms with Crippen LogP contribution in [0.4, 0.5) is 5.69 Å². The number of aromatic nitrogens is 1. The molecule has 0 aliphatic carbocycles. The molecule has 7 heteroatoms. The number of carbonyl (C=O) groups is 3. The molecule has 0 radical (unpaired) electrons. The fourth-order valence-electron chi connectivity index (χ4n) is 3.61. The largest absolute Gasteiger partial charge is 0.465 e. The summed E-state index contributed by atoms with van der Waals surface area (Å²) in [5.41, 5.74) is 1.12. The first-order valence-electron chi connectivity index (χ1n) is 9.80. The van der Waals surface area contributed by atoms with E-state index in [1.54, 1.807) is 30.3 Å². The van der Waals surface area contributed by atoms with E-state index in [0.717, 1.165) is 32.2 Å². The van der Waals surface area contributed by atoms with Gasteiger partial charge in [0.15, 0.2) is 0 Å². The van der Waals surface area contributed by atoms with E-state index in [0.29, 0.717) is 11.3 Å². The maximum atomic E-state index is 13.0. The summed E-state index contributed by atoms with van der Waals surface area (Å²) in [6.07, 6.45) is 5.50. The Hall–Kier alpha value is -3.22. The minimum absolute atomic E-state index is 0.0806. The van der Waals surface area contributed by atoms with Crippen LogP contribution in [0.25, 0.3) is 0 Å². The summed E-state index contributed by atoms with van der Waals surface area (Å²) in [5, 5.41) is 2.68. The van der Waals surface area contributed by atoms with E-state index >= 15 is 0 Å². The Kier molecular flexibility index (Phi) is 6.59. The molecule has 1 aromatic carbocycles. The molecule has 0 saturated carbocycles. The smallest absolute Gasteiger partial charge is 0.339 e. The number of pyridine rings is 1. The molecule has 29 heavy (non-hydrogen) atoms. The van der Waals surface area contributed by atoms with Crippen molar-refractivity contribution in [3.05, 3.63) is 59.4 Å². The van der Waals surface area contributed by atoms with Gasteiger partial charge in [0.1, 0.15) is 5.69 Å². The summed E-state index contributed by atoms with van der Waals surface area (Å²) in [4.78, 5) is 43.6. The van der Waals surface area contributed by atoms with Crippen molar-refractivity contribution >= 4 is 23.5 Å². The molecule has 2 amide bonds. The first-order valence-corrected chi connectivity index (χ1v) is 9.80. The molecular formula is C22H25N3O4. The molecule has 1 atom stereocenters. The van der Waals surface area contributed by atoms with Gasteiger partial charge in [0.2, 0.25) is 0 Å². The number of amides is 2. The zero-order chi connectivity index (χ0) is 20.8. The number of nitrogens with one attached hydrogen (secondary N) is 1. The Morgan fingerprint density at radius 2 is 2.00 bits per heavy atom. The van der Waals surface area contributed by atoms with Crippen LogP contribution in [-0.2, 0) is 4.74 Å². The first kappa shape index (κ1) is 20.5. The molecule has 1 N–H and O–H groups in total. The molecule has 0 bridgehead atoms. The first-order chi connectivity index (χ1) is 14.0. The molecule has 1 saturated heterocycles. The highest BCUT2D eigenvalue weighted by Gasteiger charge is 2.26. The van der Waals surface area contributed by atoms with Crippen LogP contribution in [0.3, 0.4) is 0 Å². The Balaban J connectivity index is 1.80. The fraction of sp³-hybridized carbons (Fsp3) is 0.364. The summed E-state index contributed by atoms with van der Waals surface area (Å²) in [6, 6.07) is 9.92. The number of anilines is 1. The van der Waals surface area contributed by atoms with Gasteiger partial charge in [0.05, 0.1) is 18.4 Å². The molecule has 1 aliphatic rings. The van der Waals surface area contributed by atoms with Crippen LogP contribution >= 0.6 is 0 Å². The van der Waals surface area contributed by atoms with E-state index in [-0.39, 0.29) is 23.2 Å². The van der Waals surface area contributed by atoms with E-state index in [1.807, 2.05) is 4.90 Å². The van der Waals surface area contributed by atoms with Crippen LogP contribution in [0.1, 0.15) is 63.8 Å². The number of nitrogens with zero attached hydrogens (tertiary/aromatic N) is 2. The SMILES string of the molecule is CCC1CCCCN1C(=O)c1ccnc(C(=O)Nc2ccccc2C(=O)OC)c1. The number of rotatable bonds is 5. The van der Waals surface area contributed by atoms with Gasteiger partial charge in [-0.1, -0.05) is 19.1 Å².